The molecule has 0 aliphatic rings. The zero-order valence-electron chi connectivity index (χ0n) is 12.5. The van der Waals surface area contributed by atoms with Gasteiger partial charge in [0.05, 0.1) is 12.4 Å². The highest BCUT2D eigenvalue weighted by molar-refractivity contribution is 7.11. The van der Waals surface area contributed by atoms with Gasteiger partial charge in [-0.1, -0.05) is 0 Å². The van der Waals surface area contributed by atoms with Crippen molar-refractivity contribution in [2.24, 2.45) is 0 Å². The van der Waals surface area contributed by atoms with Crippen LogP contribution in [0.25, 0.3) is 0 Å². The van der Waals surface area contributed by atoms with Crippen molar-refractivity contribution < 1.29 is 4.79 Å². The van der Waals surface area contributed by atoms with Crippen molar-refractivity contribution in [3.63, 3.8) is 0 Å². The van der Waals surface area contributed by atoms with Crippen LogP contribution in [0.4, 0.5) is 5.82 Å². The molecule has 0 radical (unpaired) electrons. The summed E-state index contributed by atoms with van der Waals surface area (Å²) >= 11 is 1.76. The van der Waals surface area contributed by atoms with Crippen LogP contribution in [0.3, 0.4) is 0 Å². The molecule has 0 aliphatic carbocycles. The van der Waals surface area contributed by atoms with Gasteiger partial charge in [-0.05, 0) is 32.9 Å². The third kappa shape index (κ3) is 4.53. The Morgan fingerprint density at radius 1 is 1.33 bits per heavy atom. The van der Waals surface area contributed by atoms with Gasteiger partial charge in [0.1, 0.15) is 11.5 Å². The lowest BCUT2D eigenvalue weighted by molar-refractivity contribution is 0.0935. The summed E-state index contributed by atoms with van der Waals surface area (Å²) < 4.78 is 0. The number of aromatic nitrogens is 2. The zero-order valence-corrected chi connectivity index (χ0v) is 13.3. The molecule has 2 aromatic heterocycles. The highest BCUT2D eigenvalue weighted by atomic mass is 32.1. The van der Waals surface area contributed by atoms with Crippen LogP contribution in [-0.4, -0.2) is 28.5 Å². The molecule has 5 nitrogen and oxygen atoms in total. The van der Waals surface area contributed by atoms with Crippen LogP contribution in [0.15, 0.2) is 24.5 Å². The van der Waals surface area contributed by atoms with Gasteiger partial charge in [0.2, 0.25) is 0 Å². The molecule has 0 aromatic carbocycles. The minimum atomic E-state index is -0.189. The van der Waals surface area contributed by atoms with Crippen LogP contribution >= 0.6 is 11.3 Å². The Balaban J connectivity index is 1.90. The first-order chi connectivity index (χ1) is 10.1. The van der Waals surface area contributed by atoms with E-state index in [0.29, 0.717) is 11.5 Å². The van der Waals surface area contributed by atoms with Crippen LogP contribution in [0, 0.1) is 6.92 Å². The number of thiophene rings is 1. The molecule has 1 atom stereocenters. The Bertz CT molecular complexity index is 594. The Morgan fingerprint density at radius 2 is 2.14 bits per heavy atom. The number of hydrogen-bond donors (Lipinski definition) is 2. The van der Waals surface area contributed by atoms with Gasteiger partial charge in [0.15, 0.2) is 0 Å². The van der Waals surface area contributed by atoms with E-state index in [-0.39, 0.29) is 11.9 Å². The van der Waals surface area contributed by atoms with E-state index in [1.165, 1.54) is 16.0 Å². The molecular formula is C15H20N4OS. The number of anilines is 1. The van der Waals surface area contributed by atoms with Crippen molar-refractivity contribution in [2.75, 3.05) is 11.9 Å². The van der Waals surface area contributed by atoms with Crippen molar-refractivity contribution in [3.8, 4) is 0 Å². The average Bonchev–Trinajstić information content (AvgIpc) is 2.85. The molecule has 112 valence electrons. The van der Waals surface area contributed by atoms with E-state index >= 15 is 0 Å². The van der Waals surface area contributed by atoms with Gasteiger partial charge in [-0.15, -0.1) is 11.3 Å². The lowest BCUT2D eigenvalue weighted by Crippen LogP contribution is -2.34. The van der Waals surface area contributed by atoms with E-state index in [1.54, 1.807) is 17.5 Å². The molecule has 0 bridgehead atoms. The number of amides is 1. The SMILES string of the molecule is CCNc1cnc(C(=O)NC(C)Cc2ccc(C)s2)cn1. The summed E-state index contributed by atoms with van der Waals surface area (Å²) in [5, 5.41) is 6.00. The first kappa shape index (κ1) is 15.4. The summed E-state index contributed by atoms with van der Waals surface area (Å²) in [4.78, 5) is 22.9. The van der Waals surface area contributed by atoms with Crippen LogP contribution in [-0.2, 0) is 6.42 Å². The molecule has 0 saturated heterocycles. The molecule has 2 aromatic rings. The second kappa shape index (κ2) is 7.17. The Morgan fingerprint density at radius 3 is 2.71 bits per heavy atom. The molecule has 2 rings (SSSR count). The van der Waals surface area contributed by atoms with E-state index < -0.39 is 0 Å². The van der Waals surface area contributed by atoms with Crippen LogP contribution in [0.5, 0.6) is 0 Å². The highest BCUT2D eigenvalue weighted by Crippen LogP contribution is 2.16. The molecular weight excluding hydrogens is 284 g/mol. The number of nitrogens with one attached hydrogen (secondary N) is 2. The average molecular weight is 304 g/mol. The smallest absolute Gasteiger partial charge is 0.271 e. The van der Waals surface area contributed by atoms with Crippen LogP contribution < -0.4 is 10.6 Å². The van der Waals surface area contributed by atoms with Crippen molar-refractivity contribution in [1.29, 1.82) is 0 Å². The van der Waals surface area contributed by atoms with Gasteiger partial charge in [0, 0.05) is 28.8 Å². The molecule has 0 saturated carbocycles. The fraction of sp³-hybridized carbons (Fsp3) is 0.400. The number of rotatable bonds is 6. The first-order valence-electron chi connectivity index (χ1n) is 7.00. The van der Waals surface area contributed by atoms with Gasteiger partial charge in [0.25, 0.3) is 5.91 Å². The number of hydrogen-bond acceptors (Lipinski definition) is 5. The van der Waals surface area contributed by atoms with Gasteiger partial charge in [-0.25, -0.2) is 9.97 Å². The van der Waals surface area contributed by atoms with Gasteiger partial charge < -0.3 is 10.6 Å². The number of carbonyl (C=O) groups excluding carboxylic acids is 1. The quantitative estimate of drug-likeness (QED) is 0.861. The topological polar surface area (TPSA) is 66.9 Å². The van der Waals surface area contributed by atoms with Gasteiger partial charge in [-0.3, -0.25) is 4.79 Å². The maximum Gasteiger partial charge on any atom is 0.271 e. The first-order valence-corrected chi connectivity index (χ1v) is 7.82. The third-order valence-corrected chi connectivity index (χ3v) is 3.95. The van der Waals surface area contributed by atoms with Gasteiger partial charge in [-0.2, -0.15) is 0 Å². The fourth-order valence-corrected chi connectivity index (χ4v) is 2.98. The zero-order chi connectivity index (χ0) is 15.2. The Kier molecular flexibility index (Phi) is 5.27. The van der Waals surface area contributed by atoms with E-state index in [1.807, 2.05) is 13.8 Å². The number of aryl methyl sites for hydroxylation is 1. The largest absolute Gasteiger partial charge is 0.369 e. The molecule has 0 aliphatic heterocycles. The summed E-state index contributed by atoms with van der Waals surface area (Å²) in [6, 6.07) is 4.26. The predicted molar refractivity (Wildman–Crippen MR) is 85.9 cm³/mol. The summed E-state index contributed by atoms with van der Waals surface area (Å²) in [5.41, 5.74) is 0.339. The van der Waals surface area contributed by atoms with Crippen molar-refractivity contribution in [1.82, 2.24) is 15.3 Å². The molecule has 0 spiro atoms. The summed E-state index contributed by atoms with van der Waals surface area (Å²) in [5.74, 6) is 0.488. The molecule has 1 amide bonds. The molecule has 1 unspecified atom stereocenters. The van der Waals surface area contributed by atoms with Crippen LogP contribution in [0.1, 0.15) is 34.1 Å². The normalized spacial score (nSPS) is 12.0. The summed E-state index contributed by atoms with van der Waals surface area (Å²) in [7, 11) is 0. The highest BCUT2D eigenvalue weighted by Gasteiger charge is 2.12. The minimum absolute atomic E-state index is 0.0609. The molecule has 0 fully saturated rings. The van der Waals surface area contributed by atoms with Crippen LogP contribution in [0.2, 0.25) is 0 Å². The Hall–Kier alpha value is -1.95. The maximum atomic E-state index is 12.1. The summed E-state index contributed by atoms with van der Waals surface area (Å²) in [6.07, 6.45) is 3.90. The standard InChI is InChI=1S/C15H20N4OS/c1-4-16-14-9-17-13(8-18-14)15(20)19-10(2)7-12-6-5-11(3)21-12/h5-6,8-10H,4,7H2,1-3H3,(H,16,18)(H,19,20). The predicted octanol–water partition coefficient (Wildman–Crippen LogP) is 2.64. The van der Waals surface area contributed by atoms with E-state index in [0.717, 1.165) is 13.0 Å². The molecule has 2 heterocycles. The lowest BCUT2D eigenvalue weighted by atomic mass is 10.2. The number of nitrogens with zero attached hydrogens (tertiary/aromatic N) is 2. The van der Waals surface area contributed by atoms with Crippen molar-refractivity contribution in [2.45, 2.75) is 33.2 Å². The molecule has 21 heavy (non-hydrogen) atoms. The lowest BCUT2D eigenvalue weighted by Gasteiger charge is -2.12. The molecule has 2 N–H and O–H groups in total. The Labute approximate surface area is 128 Å². The summed E-state index contributed by atoms with van der Waals surface area (Å²) in [6.45, 7) is 6.83. The fourth-order valence-electron chi connectivity index (χ4n) is 1.96. The van der Waals surface area contributed by atoms with Crippen molar-refractivity contribution in [3.05, 3.63) is 40.0 Å². The second-order valence-electron chi connectivity index (χ2n) is 4.91. The molecule has 6 heteroatoms. The maximum absolute atomic E-state index is 12.1. The number of carbonyl (C=O) groups is 1. The third-order valence-electron chi connectivity index (χ3n) is 2.92. The minimum Gasteiger partial charge on any atom is -0.369 e. The van der Waals surface area contributed by atoms with E-state index in [4.69, 9.17) is 0 Å². The van der Waals surface area contributed by atoms with Crippen molar-refractivity contribution >= 4 is 23.1 Å². The second-order valence-corrected chi connectivity index (χ2v) is 6.28. The monoisotopic (exact) mass is 304 g/mol. The van der Waals surface area contributed by atoms with Gasteiger partial charge >= 0.3 is 0 Å². The van der Waals surface area contributed by atoms with E-state index in [2.05, 4.69) is 39.7 Å². The van der Waals surface area contributed by atoms with E-state index in [9.17, 15) is 4.79 Å².